The number of carbonyl (C=O) groups is 1. The number of oxime groups is 1. The van der Waals surface area contributed by atoms with Gasteiger partial charge in [0, 0.05) is 6.42 Å². The number of amides is 1. The lowest BCUT2D eigenvalue weighted by molar-refractivity contribution is 0.174. The van der Waals surface area contributed by atoms with Crippen molar-refractivity contribution in [2.75, 3.05) is 6.61 Å². The second-order valence-corrected chi connectivity index (χ2v) is 2.57. The number of rotatable bonds is 0. The summed E-state index contributed by atoms with van der Waals surface area (Å²) in [5.74, 6) is 0. The lowest BCUT2D eigenvalue weighted by Crippen LogP contribution is -2.05. The molecule has 1 rings (SSSR count). The van der Waals surface area contributed by atoms with Crippen LogP contribution in [0.2, 0.25) is 0 Å². The van der Waals surface area contributed by atoms with E-state index in [1.807, 2.05) is 0 Å². The number of hydrogen-bond acceptors (Lipinski definition) is 4. The molecule has 0 atom stereocenters. The Labute approximate surface area is 56.4 Å². The Morgan fingerprint density at radius 1 is 1.89 bits per heavy atom. The molecule has 50 valence electrons. The number of thioether (sulfide) groups is 1. The number of nitrogens with two attached hydrogens (primary N) is 1. The van der Waals surface area contributed by atoms with Crippen LogP contribution < -0.4 is 5.73 Å². The maximum absolute atomic E-state index is 10.2. The van der Waals surface area contributed by atoms with Gasteiger partial charge in [-0.2, -0.15) is 0 Å². The van der Waals surface area contributed by atoms with Gasteiger partial charge in [-0.1, -0.05) is 5.16 Å². The van der Waals surface area contributed by atoms with Gasteiger partial charge in [0.1, 0.15) is 11.7 Å². The molecule has 0 radical (unpaired) electrons. The molecule has 9 heavy (non-hydrogen) atoms. The number of hydrogen-bond donors (Lipinski definition) is 1. The molecule has 0 fully saturated rings. The molecule has 1 amide bonds. The zero-order chi connectivity index (χ0) is 6.69. The molecular weight excluding hydrogens is 140 g/mol. The Balaban J connectivity index is 2.35. The van der Waals surface area contributed by atoms with Gasteiger partial charge in [-0.25, -0.2) is 0 Å². The molecule has 2 N–H and O–H groups in total. The minimum absolute atomic E-state index is 0.431. The molecule has 0 saturated heterocycles. The Morgan fingerprint density at radius 2 is 2.67 bits per heavy atom. The minimum Gasteiger partial charge on any atom is -0.395 e. The average molecular weight is 146 g/mol. The summed E-state index contributed by atoms with van der Waals surface area (Å²) >= 11 is 0.926. The Hall–Kier alpha value is -0.710. The van der Waals surface area contributed by atoms with Crippen LogP contribution in [0, 0.1) is 0 Å². The van der Waals surface area contributed by atoms with E-state index >= 15 is 0 Å². The summed E-state index contributed by atoms with van der Waals surface area (Å²) in [6.07, 6.45) is 0.702. The van der Waals surface area contributed by atoms with Crippen molar-refractivity contribution < 1.29 is 9.63 Å². The van der Waals surface area contributed by atoms with Crippen LogP contribution in [0.1, 0.15) is 6.42 Å². The van der Waals surface area contributed by atoms with Gasteiger partial charge in [0.25, 0.3) is 5.24 Å². The van der Waals surface area contributed by atoms with Gasteiger partial charge in [-0.3, -0.25) is 4.79 Å². The number of carbonyl (C=O) groups excluding carboxylic acids is 1. The molecule has 5 heteroatoms. The third kappa shape index (κ3) is 1.93. The molecule has 0 aromatic heterocycles. The van der Waals surface area contributed by atoms with Crippen molar-refractivity contribution in [2.24, 2.45) is 10.9 Å². The standard InChI is InChI=1S/C4H6N2O2S/c5-4(7)9-3-1-2-8-6-3/h1-2H2,(H2,5,7). The van der Waals surface area contributed by atoms with Gasteiger partial charge < -0.3 is 10.6 Å². The Morgan fingerprint density at radius 3 is 3.11 bits per heavy atom. The first kappa shape index (κ1) is 6.41. The van der Waals surface area contributed by atoms with E-state index in [1.54, 1.807) is 0 Å². The van der Waals surface area contributed by atoms with Crippen LogP contribution in [0.5, 0.6) is 0 Å². The lowest BCUT2D eigenvalue weighted by Gasteiger charge is -1.87. The third-order valence-electron chi connectivity index (χ3n) is 0.792. The number of nitrogens with zero attached hydrogens (tertiary/aromatic N) is 1. The molecule has 1 aliphatic heterocycles. The molecule has 0 saturated carbocycles. The first-order valence-corrected chi connectivity index (χ1v) is 3.27. The fourth-order valence-corrected chi connectivity index (χ4v) is 0.990. The van der Waals surface area contributed by atoms with E-state index in [0.717, 1.165) is 11.8 Å². The second-order valence-electron chi connectivity index (χ2n) is 1.49. The highest BCUT2D eigenvalue weighted by Crippen LogP contribution is 2.12. The minimum atomic E-state index is -0.431. The van der Waals surface area contributed by atoms with Crippen molar-refractivity contribution in [3.05, 3.63) is 0 Å². The van der Waals surface area contributed by atoms with E-state index in [9.17, 15) is 4.79 Å². The van der Waals surface area contributed by atoms with Gasteiger partial charge in [-0.05, 0) is 11.8 Å². The summed E-state index contributed by atoms with van der Waals surface area (Å²) in [6.45, 7) is 0.565. The maximum Gasteiger partial charge on any atom is 0.282 e. The highest BCUT2D eigenvalue weighted by atomic mass is 32.2. The molecule has 0 aromatic carbocycles. The fourth-order valence-electron chi connectivity index (χ4n) is 0.482. The molecule has 0 spiro atoms. The van der Waals surface area contributed by atoms with Gasteiger partial charge >= 0.3 is 0 Å². The van der Waals surface area contributed by atoms with Crippen LogP contribution in [0.25, 0.3) is 0 Å². The van der Waals surface area contributed by atoms with Crippen LogP contribution in [0.4, 0.5) is 4.79 Å². The van der Waals surface area contributed by atoms with Crippen LogP contribution in [0.15, 0.2) is 5.16 Å². The fraction of sp³-hybridized carbons (Fsp3) is 0.500. The number of primary amides is 1. The van der Waals surface area contributed by atoms with Gasteiger partial charge in [0.05, 0.1) is 0 Å². The van der Waals surface area contributed by atoms with E-state index in [1.165, 1.54) is 0 Å². The summed E-state index contributed by atoms with van der Waals surface area (Å²) in [7, 11) is 0. The van der Waals surface area contributed by atoms with E-state index in [-0.39, 0.29) is 0 Å². The first-order valence-electron chi connectivity index (χ1n) is 2.45. The molecule has 0 bridgehead atoms. The topological polar surface area (TPSA) is 64.7 Å². The summed E-state index contributed by atoms with van der Waals surface area (Å²) in [4.78, 5) is 14.8. The largest absolute Gasteiger partial charge is 0.395 e. The average Bonchev–Trinajstić information content (AvgIpc) is 2.15. The van der Waals surface area contributed by atoms with Crippen LogP contribution >= 0.6 is 11.8 Å². The van der Waals surface area contributed by atoms with Gasteiger partial charge in [0.2, 0.25) is 0 Å². The molecule has 4 nitrogen and oxygen atoms in total. The van der Waals surface area contributed by atoms with E-state index < -0.39 is 5.24 Å². The van der Waals surface area contributed by atoms with Crippen molar-refractivity contribution in [3.8, 4) is 0 Å². The van der Waals surface area contributed by atoms with E-state index in [0.29, 0.717) is 18.1 Å². The van der Waals surface area contributed by atoms with E-state index in [2.05, 4.69) is 9.99 Å². The Bertz CT molecular complexity index is 157. The predicted octanol–water partition coefficient (Wildman–Crippen LogP) is 0.532. The van der Waals surface area contributed by atoms with Crippen molar-refractivity contribution in [2.45, 2.75) is 6.42 Å². The van der Waals surface area contributed by atoms with Crippen molar-refractivity contribution in [1.82, 2.24) is 0 Å². The zero-order valence-corrected chi connectivity index (χ0v) is 5.48. The van der Waals surface area contributed by atoms with Crippen LogP contribution in [-0.4, -0.2) is 16.9 Å². The van der Waals surface area contributed by atoms with Crippen molar-refractivity contribution in [1.29, 1.82) is 0 Å². The smallest absolute Gasteiger partial charge is 0.282 e. The maximum atomic E-state index is 10.2. The van der Waals surface area contributed by atoms with Crippen molar-refractivity contribution >= 4 is 22.0 Å². The SMILES string of the molecule is NC(=O)SC1=NOCC1. The molecular formula is C4H6N2O2S. The molecule has 0 aliphatic carbocycles. The molecule has 0 unspecified atom stereocenters. The van der Waals surface area contributed by atoms with Crippen molar-refractivity contribution in [3.63, 3.8) is 0 Å². The quantitative estimate of drug-likeness (QED) is 0.542. The summed E-state index contributed by atoms with van der Waals surface area (Å²) in [5.41, 5.74) is 4.86. The van der Waals surface area contributed by atoms with Crippen LogP contribution in [0.3, 0.4) is 0 Å². The summed E-state index contributed by atoms with van der Waals surface area (Å²) in [5, 5.41) is 3.79. The monoisotopic (exact) mass is 146 g/mol. The molecule has 1 heterocycles. The second kappa shape index (κ2) is 2.72. The first-order chi connectivity index (χ1) is 4.29. The molecule has 1 aliphatic rings. The molecule has 0 aromatic rings. The zero-order valence-electron chi connectivity index (χ0n) is 4.66. The van der Waals surface area contributed by atoms with Gasteiger partial charge in [0.15, 0.2) is 0 Å². The Kier molecular flexibility index (Phi) is 1.94. The third-order valence-corrected chi connectivity index (χ3v) is 1.51. The van der Waals surface area contributed by atoms with E-state index in [4.69, 9.17) is 5.73 Å². The van der Waals surface area contributed by atoms with Crippen LogP contribution in [-0.2, 0) is 4.84 Å². The summed E-state index contributed by atoms with van der Waals surface area (Å²) < 4.78 is 0. The van der Waals surface area contributed by atoms with Gasteiger partial charge in [-0.15, -0.1) is 0 Å². The highest BCUT2D eigenvalue weighted by molar-refractivity contribution is 8.26. The normalized spacial score (nSPS) is 16.7. The highest BCUT2D eigenvalue weighted by Gasteiger charge is 2.10. The summed E-state index contributed by atoms with van der Waals surface area (Å²) in [6, 6.07) is 0. The predicted molar refractivity (Wildman–Crippen MR) is 35.2 cm³/mol. The lowest BCUT2D eigenvalue weighted by atomic mass is 10.5.